The topological polar surface area (TPSA) is 77.2 Å². The van der Waals surface area contributed by atoms with Crippen LogP contribution in [-0.2, 0) is 23.2 Å². The fourth-order valence-corrected chi connectivity index (χ4v) is 1.48. The van der Waals surface area contributed by atoms with Crippen molar-refractivity contribution in [3.63, 3.8) is 0 Å². The third-order valence-electron chi connectivity index (χ3n) is 2.34. The highest BCUT2D eigenvalue weighted by Crippen LogP contribution is 2.14. The highest BCUT2D eigenvalue weighted by atomic mass is 16.5. The van der Waals surface area contributed by atoms with Crippen LogP contribution < -0.4 is 0 Å². The zero-order valence-electron chi connectivity index (χ0n) is 9.91. The van der Waals surface area contributed by atoms with Gasteiger partial charge in [0.25, 0.3) is 0 Å². The van der Waals surface area contributed by atoms with E-state index in [1.54, 1.807) is 11.7 Å². The van der Waals surface area contributed by atoms with Crippen molar-refractivity contribution < 1.29 is 14.6 Å². The predicted molar refractivity (Wildman–Crippen MR) is 63.7 cm³/mol. The lowest BCUT2D eigenvalue weighted by Crippen LogP contribution is -2.09. The summed E-state index contributed by atoms with van der Waals surface area (Å²) in [6.07, 6.45) is 0. The largest absolute Gasteiger partial charge is 0.480 e. The molecule has 1 aromatic carbocycles. The standard InChI is InChI=1S/C12H13N3O3/c1-15-10(7-18-8-11(16)17)13-12(14-15)9-5-3-2-4-6-9/h2-6H,7-8H2,1H3,(H,16,17). The van der Waals surface area contributed by atoms with Crippen molar-refractivity contribution in [3.8, 4) is 11.4 Å². The Morgan fingerprint density at radius 2 is 2.11 bits per heavy atom. The van der Waals surface area contributed by atoms with Crippen LogP contribution >= 0.6 is 0 Å². The summed E-state index contributed by atoms with van der Waals surface area (Å²) in [5.41, 5.74) is 0.914. The molecule has 0 fully saturated rings. The van der Waals surface area contributed by atoms with Crippen molar-refractivity contribution in [1.29, 1.82) is 0 Å². The second kappa shape index (κ2) is 5.42. The number of carboxylic acids is 1. The SMILES string of the molecule is Cn1nc(-c2ccccc2)nc1COCC(=O)O. The molecule has 0 radical (unpaired) electrons. The first-order valence-corrected chi connectivity index (χ1v) is 5.41. The summed E-state index contributed by atoms with van der Waals surface area (Å²) < 4.78 is 6.58. The van der Waals surface area contributed by atoms with Crippen LogP contribution in [0.15, 0.2) is 30.3 Å². The Balaban J connectivity index is 2.10. The Labute approximate surface area is 104 Å². The van der Waals surface area contributed by atoms with Crippen molar-refractivity contribution in [2.24, 2.45) is 7.05 Å². The Kier molecular flexibility index (Phi) is 3.69. The molecule has 1 N–H and O–H groups in total. The van der Waals surface area contributed by atoms with Gasteiger partial charge in [-0.15, -0.1) is 0 Å². The molecule has 0 atom stereocenters. The zero-order chi connectivity index (χ0) is 13.0. The van der Waals surface area contributed by atoms with Crippen LogP contribution in [0.3, 0.4) is 0 Å². The second-order valence-corrected chi connectivity index (χ2v) is 3.73. The molecule has 0 aliphatic rings. The maximum Gasteiger partial charge on any atom is 0.329 e. The lowest BCUT2D eigenvalue weighted by atomic mass is 10.2. The number of hydrogen-bond acceptors (Lipinski definition) is 4. The van der Waals surface area contributed by atoms with E-state index >= 15 is 0 Å². The third kappa shape index (κ3) is 2.92. The van der Waals surface area contributed by atoms with Gasteiger partial charge in [0.2, 0.25) is 0 Å². The van der Waals surface area contributed by atoms with Gasteiger partial charge in [-0.2, -0.15) is 5.10 Å². The molecule has 18 heavy (non-hydrogen) atoms. The van der Waals surface area contributed by atoms with Gasteiger partial charge in [0.05, 0.1) is 0 Å². The van der Waals surface area contributed by atoms with E-state index < -0.39 is 5.97 Å². The van der Waals surface area contributed by atoms with Gasteiger partial charge in [0.15, 0.2) is 11.6 Å². The number of benzene rings is 1. The first-order chi connectivity index (χ1) is 8.66. The molecule has 1 heterocycles. The molecular formula is C12H13N3O3. The van der Waals surface area contributed by atoms with E-state index in [-0.39, 0.29) is 13.2 Å². The molecule has 6 nitrogen and oxygen atoms in total. The summed E-state index contributed by atoms with van der Waals surface area (Å²) in [4.78, 5) is 14.6. The van der Waals surface area contributed by atoms with Crippen LogP contribution in [0.1, 0.15) is 5.82 Å². The van der Waals surface area contributed by atoms with E-state index in [2.05, 4.69) is 10.1 Å². The summed E-state index contributed by atoms with van der Waals surface area (Å²) in [5.74, 6) is 0.197. The van der Waals surface area contributed by atoms with E-state index in [9.17, 15) is 4.79 Å². The van der Waals surface area contributed by atoms with Crippen LogP contribution in [0, 0.1) is 0 Å². The molecular weight excluding hydrogens is 234 g/mol. The number of carboxylic acid groups (broad SMARTS) is 1. The van der Waals surface area contributed by atoms with Gasteiger partial charge in [0, 0.05) is 12.6 Å². The minimum Gasteiger partial charge on any atom is -0.480 e. The average molecular weight is 247 g/mol. The lowest BCUT2D eigenvalue weighted by Gasteiger charge is -1.99. The number of aryl methyl sites for hydroxylation is 1. The van der Waals surface area contributed by atoms with Crippen LogP contribution in [0.2, 0.25) is 0 Å². The minimum absolute atomic E-state index is 0.128. The van der Waals surface area contributed by atoms with E-state index in [0.29, 0.717) is 11.6 Å². The van der Waals surface area contributed by atoms with E-state index in [1.165, 1.54) is 0 Å². The summed E-state index contributed by atoms with van der Waals surface area (Å²) in [6, 6.07) is 9.57. The van der Waals surface area contributed by atoms with Crippen LogP contribution in [-0.4, -0.2) is 32.4 Å². The number of aromatic nitrogens is 3. The molecule has 2 aromatic rings. The van der Waals surface area contributed by atoms with E-state index in [0.717, 1.165) is 5.56 Å². The molecule has 0 aliphatic carbocycles. The smallest absolute Gasteiger partial charge is 0.329 e. The number of ether oxygens (including phenoxy) is 1. The van der Waals surface area contributed by atoms with Gasteiger partial charge in [-0.3, -0.25) is 4.68 Å². The maximum atomic E-state index is 10.3. The number of nitrogens with zero attached hydrogens (tertiary/aromatic N) is 3. The number of hydrogen-bond donors (Lipinski definition) is 1. The maximum absolute atomic E-state index is 10.3. The molecule has 0 saturated heterocycles. The molecule has 94 valence electrons. The quantitative estimate of drug-likeness (QED) is 0.855. The molecule has 0 unspecified atom stereocenters. The molecule has 0 amide bonds. The van der Waals surface area contributed by atoms with Gasteiger partial charge in [0.1, 0.15) is 13.2 Å². The van der Waals surface area contributed by atoms with Crippen molar-refractivity contribution in [2.45, 2.75) is 6.61 Å². The first kappa shape index (κ1) is 12.3. The van der Waals surface area contributed by atoms with Crippen LogP contribution in [0.25, 0.3) is 11.4 Å². The first-order valence-electron chi connectivity index (χ1n) is 5.41. The van der Waals surface area contributed by atoms with Gasteiger partial charge in [-0.25, -0.2) is 9.78 Å². The van der Waals surface area contributed by atoms with Gasteiger partial charge in [-0.05, 0) is 0 Å². The number of aliphatic carboxylic acids is 1. The van der Waals surface area contributed by atoms with Crippen LogP contribution in [0.5, 0.6) is 0 Å². The highest BCUT2D eigenvalue weighted by Gasteiger charge is 2.09. The third-order valence-corrected chi connectivity index (χ3v) is 2.34. The molecule has 0 bridgehead atoms. The molecule has 0 saturated carbocycles. The Hall–Kier alpha value is -2.21. The lowest BCUT2D eigenvalue weighted by molar-refractivity contribution is -0.142. The van der Waals surface area contributed by atoms with Gasteiger partial charge < -0.3 is 9.84 Å². The fourth-order valence-electron chi connectivity index (χ4n) is 1.48. The van der Waals surface area contributed by atoms with Crippen molar-refractivity contribution in [1.82, 2.24) is 14.8 Å². The van der Waals surface area contributed by atoms with Crippen LogP contribution in [0.4, 0.5) is 0 Å². The average Bonchev–Trinajstić information content (AvgIpc) is 2.72. The van der Waals surface area contributed by atoms with Crippen molar-refractivity contribution >= 4 is 5.97 Å². The predicted octanol–water partition coefficient (Wildman–Crippen LogP) is 1.08. The fraction of sp³-hybridized carbons (Fsp3) is 0.250. The van der Waals surface area contributed by atoms with Crippen molar-refractivity contribution in [3.05, 3.63) is 36.2 Å². The molecule has 1 aromatic heterocycles. The van der Waals surface area contributed by atoms with E-state index in [4.69, 9.17) is 9.84 Å². The highest BCUT2D eigenvalue weighted by molar-refractivity contribution is 5.67. The summed E-state index contributed by atoms with van der Waals surface area (Å²) in [6.45, 7) is -0.212. The number of rotatable bonds is 5. The zero-order valence-corrected chi connectivity index (χ0v) is 9.91. The van der Waals surface area contributed by atoms with Gasteiger partial charge in [-0.1, -0.05) is 30.3 Å². The summed E-state index contributed by atoms with van der Waals surface area (Å²) in [5, 5.41) is 12.7. The number of carbonyl (C=O) groups is 1. The second-order valence-electron chi connectivity index (χ2n) is 3.73. The Bertz CT molecular complexity index is 537. The molecule has 6 heteroatoms. The molecule has 2 rings (SSSR count). The molecule has 0 aliphatic heterocycles. The molecule has 0 spiro atoms. The van der Waals surface area contributed by atoms with Gasteiger partial charge >= 0.3 is 5.97 Å². The minimum atomic E-state index is -1.000. The van der Waals surface area contributed by atoms with E-state index in [1.807, 2.05) is 30.3 Å². The monoisotopic (exact) mass is 247 g/mol. The Morgan fingerprint density at radius 3 is 2.78 bits per heavy atom. The Morgan fingerprint density at radius 1 is 1.39 bits per heavy atom. The van der Waals surface area contributed by atoms with Crippen molar-refractivity contribution in [2.75, 3.05) is 6.61 Å². The normalized spacial score (nSPS) is 10.5. The summed E-state index contributed by atoms with van der Waals surface area (Å²) in [7, 11) is 1.75. The summed E-state index contributed by atoms with van der Waals surface area (Å²) >= 11 is 0.